The van der Waals surface area contributed by atoms with E-state index in [1.807, 2.05) is 38.4 Å². The molecule has 0 aliphatic rings. The molecule has 1 aromatic carbocycles. The van der Waals surface area contributed by atoms with Gasteiger partial charge in [0.05, 0.1) is 0 Å². The number of nitrogens with one attached hydrogen (secondary N) is 2. The summed E-state index contributed by atoms with van der Waals surface area (Å²) >= 11 is 5.24. The first-order valence-corrected chi connectivity index (χ1v) is 7.04. The fourth-order valence-corrected chi connectivity index (χ4v) is 2.39. The summed E-state index contributed by atoms with van der Waals surface area (Å²) in [5, 5.41) is 11.5. The second-order valence-electron chi connectivity index (χ2n) is 4.91. The maximum absolute atomic E-state index is 11.4. The minimum Gasteiger partial charge on any atom is -0.423 e. The van der Waals surface area contributed by atoms with E-state index in [0.29, 0.717) is 16.5 Å². The maximum atomic E-state index is 11.4. The molecule has 3 aromatic rings. The molecule has 0 aliphatic carbocycles. The first kappa shape index (κ1) is 14.3. The third-order valence-corrected chi connectivity index (χ3v) is 3.37. The molecule has 0 radical (unpaired) electrons. The molecule has 0 spiro atoms. The van der Waals surface area contributed by atoms with Crippen LogP contribution in [0.2, 0.25) is 0 Å². The Morgan fingerprint density at radius 2 is 2.09 bits per heavy atom. The Bertz CT molecular complexity index is 913. The van der Waals surface area contributed by atoms with Crippen molar-refractivity contribution in [2.24, 2.45) is 7.05 Å². The number of nitrogens with zero attached hydrogens (tertiary/aromatic N) is 2. The minimum absolute atomic E-state index is 0.365. The summed E-state index contributed by atoms with van der Waals surface area (Å²) in [6.45, 7) is 1.87. The molecule has 7 heteroatoms. The first-order valence-electron chi connectivity index (χ1n) is 6.63. The number of aromatic nitrogens is 2. The van der Waals surface area contributed by atoms with Gasteiger partial charge in [-0.15, -0.1) is 0 Å². The Morgan fingerprint density at radius 1 is 1.27 bits per heavy atom. The van der Waals surface area contributed by atoms with Crippen LogP contribution in [-0.4, -0.2) is 14.9 Å². The Kier molecular flexibility index (Phi) is 3.64. The smallest absolute Gasteiger partial charge is 0.336 e. The van der Waals surface area contributed by atoms with E-state index in [0.717, 1.165) is 16.6 Å². The molecule has 0 saturated heterocycles. The van der Waals surface area contributed by atoms with Gasteiger partial charge in [0.15, 0.2) is 10.9 Å². The molecule has 22 heavy (non-hydrogen) atoms. The predicted octanol–water partition coefficient (Wildman–Crippen LogP) is 2.64. The SMILES string of the molecule is Cc1cc(=O)oc2cc(NC(=S)Nc3ccn(C)n3)ccc12. The predicted molar refractivity (Wildman–Crippen MR) is 90.3 cm³/mol. The van der Waals surface area contributed by atoms with E-state index in [1.165, 1.54) is 6.07 Å². The van der Waals surface area contributed by atoms with Gasteiger partial charge in [-0.05, 0) is 36.8 Å². The van der Waals surface area contributed by atoms with Gasteiger partial charge in [0, 0.05) is 42.5 Å². The zero-order chi connectivity index (χ0) is 15.7. The lowest BCUT2D eigenvalue weighted by Crippen LogP contribution is -2.19. The van der Waals surface area contributed by atoms with Gasteiger partial charge in [-0.2, -0.15) is 5.10 Å². The molecular formula is C15H14N4O2S. The monoisotopic (exact) mass is 314 g/mol. The highest BCUT2D eigenvalue weighted by Gasteiger charge is 2.05. The summed E-state index contributed by atoms with van der Waals surface area (Å²) in [6.07, 6.45) is 1.82. The van der Waals surface area contributed by atoms with E-state index in [-0.39, 0.29) is 5.63 Å². The molecule has 2 aromatic heterocycles. The van der Waals surface area contributed by atoms with Crippen LogP contribution in [0.4, 0.5) is 11.5 Å². The molecule has 6 nitrogen and oxygen atoms in total. The summed E-state index contributed by atoms with van der Waals surface area (Å²) in [4.78, 5) is 11.4. The van der Waals surface area contributed by atoms with Crippen molar-refractivity contribution < 1.29 is 4.42 Å². The molecule has 3 rings (SSSR count). The molecule has 0 fully saturated rings. The Hall–Kier alpha value is -2.67. The van der Waals surface area contributed by atoms with Crippen LogP contribution in [0, 0.1) is 6.92 Å². The largest absolute Gasteiger partial charge is 0.423 e. The van der Waals surface area contributed by atoms with Gasteiger partial charge in [0.1, 0.15) is 5.58 Å². The number of rotatable bonds is 2. The fraction of sp³-hybridized carbons (Fsp3) is 0.133. The standard InChI is InChI=1S/C15H14N4O2S/c1-9-7-14(20)21-12-8-10(3-4-11(9)12)16-15(22)17-13-5-6-19(2)18-13/h3-8H,1-2H3,(H2,16,17,18,22). The van der Waals surface area contributed by atoms with Crippen molar-refractivity contribution in [1.29, 1.82) is 0 Å². The van der Waals surface area contributed by atoms with E-state index >= 15 is 0 Å². The highest BCUT2D eigenvalue weighted by atomic mass is 32.1. The summed E-state index contributed by atoms with van der Waals surface area (Å²) < 4.78 is 6.89. The molecule has 0 amide bonds. The maximum Gasteiger partial charge on any atom is 0.336 e. The van der Waals surface area contributed by atoms with Crippen molar-refractivity contribution in [3.63, 3.8) is 0 Å². The third kappa shape index (κ3) is 2.99. The van der Waals surface area contributed by atoms with E-state index in [4.69, 9.17) is 16.6 Å². The number of aryl methyl sites for hydroxylation is 2. The van der Waals surface area contributed by atoms with Gasteiger partial charge >= 0.3 is 5.63 Å². The van der Waals surface area contributed by atoms with E-state index in [1.54, 1.807) is 10.7 Å². The van der Waals surface area contributed by atoms with Crippen molar-refractivity contribution in [2.45, 2.75) is 6.92 Å². The second kappa shape index (κ2) is 5.61. The number of thiocarbonyl (C=S) groups is 1. The third-order valence-electron chi connectivity index (χ3n) is 3.16. The van der Waals surface area contributed by atoms with Gasteiger partial charge in [-0.1, -0.05) is 0 Å². The normalized spacial score (nSPS) is 10.6. The van der Waals surface area contributed by atoms with Crippen LogP contribution in [0.15, 0.2) is 45.7 Å². The van der Waals surface area contributed by atoms with Crippen molar-refractivity contribution in [1.82, 2.24) is 9.78 Å². The van der Waals surface area contributed by atoms with Crippen molar-refractivity contribution >= 4 is 39.8 Å². The van der Waals surface area contributed by atoms with Gasteiger partial charge in [-0.3, -0.25) is 4.68 Å². The summed E-state index contributed by atoms with van der Waals surface area (Å²) in [5.41, 5.74) is 1.77. The zero-order valence-corrected chi connectivity index (χ0v) is 12.9. The number of hydrogen-bond acceptors (Lipinski definition) is 4. The minimum atomic E-state index is -0.365. The molecule has 0 unspecified atom stereocenters. The average molecular weight is 314 g/mol. The number of hydrogen-bond donors (Lipinski definition) is 2. The molecule has 0 atom stereocenters. The quantitative estimate of drug-likeness (QED) is 0.560. The average Bonchev–Trinajstić information content (AvgIpc) is 2.83. The lowest BCUT2D eigenvalue weighted by atomic mass is 10.1. The van der Waals surface area contributed by atoms with Gasteiger partial charge in [0.2, 0.25) is 0 Å². The van der Waals surface area contributed by atoms with Crippen LogP contribution in [-0.2, 0) is 7.05 Å². The Balaban J connectivity index is 1.81. The van der Waals surface area contributed by atoms with Gasteiger partial charge in [-0.25, -0.2) is 4.79 Å². The van der Waals surface area contributed by atoms with Crippen molar-refractivity contribution in [3.05, 3.63) is 52.5 Å². The van der Waals surface area contributed by atoms with E-state index in [2.05, 4.69) is 15.7 Å². The Labute approximate surface area is 131 Å². The van der Waals surface area contributed by atoms with E-state index in [9.17, 15) is 4.79 Å². The lowest BCUT2D eigenvalue weighted by molar-refractivity contribution is 0.560. The van der Waals surface area contributed by atoms with Gasteiger partial charge < -0.3 is 15.1 Å². The second-order valence-corrected chi connectivity index (χ2v) is 5.32. The van der Waals surface area contributed by atoms with Crippen LogP contribution >= 0.6 is 12.2 Å². The van der Waals surface area contributed by atoms with E-state index < -0.39 is 0 Å². The molecule has 112 valence electrons. The first-order chi connectivity index (χ1) is 10.5. The molecule has 0 aliphatic heterocycles. The van der Waals surface area contributed by atoms with Crippen LogP contribution in [0.5, 0.6) is 0 Å². The zero-order valence-electron chi connectivity index (χ0n) is 12.1. The number of fused-ring (bicyclic) bond motifs is 1. The summed E-state index contributed by atoms with van der Waals surface area (Å²) in [7, 11) is 1.83. The highest BCUT2D eigenvalue weighted by molar-refractivity contribution is 7.80. The van der Waals surface area contributed by atoms with Crippen molar-refractivity contribution in [3.8, 4) is 0 Å². The molecular weight excluding hydrogens is 300 g/mol. The lowest BCUT2D eigenvalue weighted by Gasteiger charge is -2.09. The molecule has 0 bridgehead atoms. The van der Waals surface area contributed by atoms with Crippen LogP contribution in [0.25, 0.3) is 11.0 Å². The van der Waals surface area contributed by atoms with Crippen LogP contribution in [0.1, 0.15) is 5.56 Å². The topological polar surface area (TPSA) is 72.1 Å². The number of anilines is 2. The van der Waals surface area contributed by atoms with Crippen LogP contribution < -0.4 is 16.3 Å². The molecule has 2 N–H and O–H groups in total. The molecule has 0 saturated carbocycles. The van der Waals surface area contributed by atoms with Crippen LogP contribution in [0.3, 0.4) is 0 Å². The van der Waals surface area contributed by atoms with Crippen molar-refractivity contribution in [2.75, 3.05) is 10.6 Å². The molecule has 2 heterocycles. The summed E-state index contributed by atoms with van der Waals surface area (Å²) in [5.74, 6) is 0.656. The highest BCUT2D eigenvalue weighted by Crippen LogP contribution is 2.20. The number of benzene rings is 1. The Morgan fingerprint density at radius 3 is 2.82 bits per heavy atom. The van der Waals surface area contributed by atoms with Gasteiger partial charge in [0.25, 0.3) is 0 Å². The summed E-state index contributed by atoms with van der Waals surface area (Å²) in [6, 6.07) is 8.80. The fourth-order valence-electron chi connectivity index (χ4n) is 2.16.